The van der Waals surface area contributed by atoms with Crippen LogP contribution in [0, 0.1) is 0 Å². The largest absolute Gasteiger partial charge is 0.394 e. The fourth-order valence-corrected chi connectivity index (χ4v) is 3.92. The van der Waals surface area contributed by atoms with E-state index in [2.05, 4.69) is 61.7 Å². The fourth-order valence-electron chi connectivity index (χ4n) is 3.92. The highest BCUT2D eigenvalue weighted by molar-refractivity contribution is 5.64. The topological polar surface area (TPSA) is 82.3 Å². The molecule has 0 amide bonds. The summed E-state index contributed by atoms with van der Waals surface area (Å²) < 4.78 is 0. The van der Waals surface area contributed by atoms with Gasteiger partial charge in [0.05, 0.1) is 11.9 Å². The summed E-state index contributed by atoms with van der Waals surface area (Å²) in [4.78, 5) is 13.8. The van der Waals surface area contributed by atoms with Gasteiger partial charge in [0.2, 0.25) is 5.95 Å². The Labute approximate surface area is 167 Å². The first-order chi connectivity index (χ1) is 13.7. The fraction of sp³-hybridized carbons (Fsp3) is 0.524. The third kappa shape index (κ3) is 4.91. The summed E-state index contributed by atoms with van der Waals surface area (Å²) in [5, 5.41) is 6.76. The summed E-state index contributed by atoms with van der Waals surface area (Å²) in [6, 6.07) is 9.01. The lowest BCUT2D eigenvalue weighted by Crippen LogP contribution is -2.43. The van der Waals surface area contributed by atoms with Gasteiger partial charge in [-0.3, -0.25) is 4.90 Å². The van der Waals surface area contributed by atoms with Gasteiger partial charge in [0, 0.05) is 44.5 Å². The predicted octanol–water partition coefficient (Wildman–Crippen LogP) is 2.90. The van der Waals surface area contributed by atoms with E-state index in [9.17, 15) is 0 Å². The number of hydrogen-bond acceptors (Lipinski definition) is 7. The summed E-state index contributed by atoms with van der Waals surface area (Å²) in [7, 11) is 2.19. The second kappa shape index (κ2) is 8.75. The average molecular weight is 382 g/mol. The van der Waals surface area contributed by atoms with Crippen molar-refractivity contribution in [1.29, 1.82) is 0 Å². The molecule has 0 atom stereocenters. The molecule has 7 nitrogen and oxygen atoms in total. The standard InChI is InChI=1S/C21H31N7/c1-27-10-12-28(13-11-27)15-16-6-8-18(9-7-16)25-21-23-14-19(22)20(26-21)24-17-4-2-3-5-17/h6-9,14,17H,2-5,10-13,15,22H2,1H3,(H2,23,24,25,26). The number of likely N-dealkylation sites (N-methyl/N-ethyl adjacent to an activating group) is 1. The Bertz CT molecular complexity index is 763. The minimum atomic E-state index is 0.471. The number of nitrogen functional groups attached to an aromatic ring is 1. The Morgan fingerprint density at radius 1 is 1.07 bits per heavy atom. The molecule has 4 rings (SSSR count). The number of nitrogens with two attached hydrogens (primary N) is 1. The van der Waals surface area contributed by atoms with Gasteiger partial charge in [-0.15, -0.1) is 0 Å². The van der Waals surface area contributed by atoms with E-state index in [1.807, 2.05) is 0 Å². The van der Waals surface area contributed by atoms with E-state index in [0.717, 1.165) is 44.2 Å². The zero-order valence-corrected chi connectivity index (χ0v) is 16.7. The lowest BCUT2D eigenvalue weighted by atomic mass is 10.2. The van der Waals surface area contributed by atoms with Gasteiger partial charge in [-0.05, 0) is 37.6 Å². The number of nitrogens with one attached hydrogen (secondary N) is 2. The van der Waals surface area contributed by atoms with Gasteiger partial charge in [-0.2, -0.15) is 4.98 Å². The predicted molar refractivity (Wildman–Crippen MR) is 115 cm³/mol. The van der Waals surface area contributed by atoms with E-state index in [0.29, 0.717) is 17.7 Å². The zero-order chi connectivity index (χ0) is 19.3. The molecule has 2 aromatic rings. The van der Waals surface area contributed by atoms with E-state index >= 15 is 0 Å². The molecule has 4 N–H and O–H groups in total. The van der Waals surface area contributed by atoms with Gasteiger partial charge in [0.15, 0.2) is 5.82 Å². The van der Waals surface area contributed by atoms with Gasteiger partial charge in [0.25, 0.3) is 0 Å². The maximum absolute atomic E-state index is 6.06. The van der Waals surface area contributed by atoms with Crippen LogP contribution in [0.15, 0.2) is 30.5 Å². The van der Waals surface area contributed by atoms with Crippen molar-refractivity contribution in [3.63, 3.8) is 0 Å². The highest BCUT2D eigenvalue weighted by atomic mass is 15.2. The number of piperazine rings is 1. The average Bonchev–Trinajstić information content (AvgIpc) is 3.21. The van der Waals surface area contributed by atoms with Crippen LogP contribution in [0.1, 0.15) is 31.2 Å². The molecule has 1 aromatic heterocycles. The Morgan fingerprint density at radius 2 is 1.79 bits per heavy atom. The molecule has 2 fully saturated rings. The van der Waals surface area contributed by atoms with E-state index in [1.54, 1.807) is 6.20 Å². The molecule has 0 unspecified atom stereocenters. The highest BCUT2D eigenvalue weighted by Crippen LogP contribution is 2.25. The lowest BCUT2D eigenvalue weighted by Gasteiger charge is -2.32. The SMILES string of the molecule is CN1CCN(Cc2ccc(Nc3ncc(N)c(NC4CCCC4)n3)cc2)CC1. The van der Waals surface area contributed by atoms with Crippen molar-refractivity contribution < 1.29 is 0 Å². The number of nitrogens with zero attached hydrogens (tertiary/aromatic N) is 4. The second-order valence-corrected chi connectivity index (χ2v) is 8.02. The molecule has 2 heterocycles. The number of rotatable bonds is 6. The summed E-state index contributed by atoms with van der Waals surface area (Å²) in [6.07, 6.45) is 6.58. The summed E-state index contributed by atoms with van der Waals surface area (Å²) in [6.45, 7) is 5.55. The third-order valence-electron chi connectivity index (χ3n) is 5.73. The Morgan fingerprint density at radius 3 is 2.50 bits per heavy atom. The molecule has 1 aliphatic heterocycles. The van der Waals surface area contributed by atoms with Crippen molar-refractivity contribution in [2.24, 2.45) is 0 Å². The van der Waals surface area contributed by atoms with Crippen LogP contribution >= 0.6 is 0 Å². The first-order valence-corrected chi connectivity index (χ1v) is 10.3. The van der Waals surface area contributed by atoms with Crippen molar-refractivity contribution in [2.45, 2.75) is 38.3 Å². The molecule has 2 aliphatic rings. The van der Waals surface area contributed by atoms with E-state index in [1.165, 1.54) is 31.2 Å². The summed E-state index contributed by atoms with van der Waals surface area (Å²) in [5.41, 5.74) is 8.97. The molecule has 0 spiro atoms. The van der Waals surface area contributed by atoms with Crippen molar-refractivity contribution >= 4 is 23.1 Å². The van der Waals surface area contributed by atoms with E-state index in [4.69, 9.17) is 5.73 Å². The van der Waals surface area contributed by atoms with Gasteiger partial charge >= 0.3 is 0 Å². The Hall–Kier alpha value is -2.38. The number of benzene rings is 1. The Kier molecular flexibility index (Phi) is 5.92. The molecule has 1 aromatic carbocycles. The van der Waals surface area contributed by atoms with E-state index in [-0.39, 0.29) is 0 Å². The van der Waals surface area contributed by atoms with Crippen LogP contribution in [-0.2, 0) is 6.54 Å². The van der Waals surface area contributed by atoms with Crippen LogP contribution in [-0.4, -0.2) is 59.0 Å². The summed E-state index contributed by atoms with van der Waals surface area (Å²) >= 11 is 0. The molecule has 7 heteroatoms. The first-order valence-electron chi connectivity index (χ1n) is 10.3. The minimum absolute atomic E-state index is 0.471. The molecule has 150 valence electrons. The molecule has 0 radical (unpaired) electrons. The lowest BCUT2D eigenvalue weighted by molar-refractivity contribution is 0.148. The molecule has 1 aliphatic carbocycles. The number of hydrogen-bond donors (Lipinski definition) is 3. The maximum Gasteiger partial charge on any atom is 0.229 e. The molecule has 0 bridgehead atoms. The second-order valence-electron chi connectivity index (χ2n) is 8.02. The zero-order valence-electron chi connectivity index (χ0n) is 16.7. The van der Waals surface area contributed by atoms with Crippen LogP contribution in [0.4, 0.5) is 23.1 Å². The molecule has 28 heavy (non-hydrogen) atoms. The van der Waals surface area contributed by atoms with E-state index < -0.39 is 0 Å². The summed E-state index contributed by atoms with van der Waals surface area (Å²) in [5.74, 6) is 1.30. The van der Waals surface area contributed by atoms with Crippen molar-refractivity contribution in [2.75, 3.05) is 49.6 Å². The minimum Gasteiger partial charge on any atom is -0.394 e. The molecular formula is C21H31N7. The van der Waals surface area contributed by atoms with Gasteiger partial charge < -0.3 is 21.3 Å². The van der Waals surface area contributed by atoms with Crippen LogP contribution in [0.5, 0.6) is 0 Å². The normalized spacial score (nSPS) is 19.0. The van der Waals surface area contributed by atoms with Crippen LogP contribution in [0.3, 0.4) is 0 Å². The Balaban J connectivity index is 1.36. The molecule has 1 saturated carbocycles. The maximum atomic E-state index is 6.06. The first kappa shape index (κ1) is 19.0. The third-order valence-corrected chi connectivity index (χ3v) is 5.73. The van der Waals surface area contributed by atoms with Crippen LogP contribution in [0.25, 0.3) is 0 Å². The van der Waals surface area contributed by atoms with Crippen molar-refractivity contribution in [3.8, 4) is 0 Å². The molecular weight excluding hydrogens is 350 g/mol. The van der Waals surface area contributed by atoms with Crippen LogP contribution in [0.2, 0.25) is 0 Å². The molecule has 1 saturated heterocycles. The van der Waals surface area contributed by atoms with Crippen molar-refractivity contribution in [3.05, 3.63) is 36.0 Å². The monoisotopic (exact) mass is 381 g/mol. The number of aromatic nitrogens is 2. The van der Waals surface area contributed by atoms with Crippen molar-refractivity contribution in [1.82, 2.24) is 19.8 Å². The van der Waals surface area contributed by atoms with Gasteiger partial charge in [-0.1, -0.05) is 25.0 Å². The quantitative estimate of drug-likeness (QED) is 0.710. The number of anilines is 4. The van der Waals surface area contributed by atoms with Crippen LogP contribution < -0.4 is 16.4 Å². The smallest absolute Gasteiger partial charge is 0.229 e. The van der Waals surface area contributed by atoms with Gasteiger partial charge in [-0.25, -0.2) is 4.98 Å². The van der Waals surface area contributed by atoms with Gasteiger partial charge in [0.1, 0.15) is 0 Å². The highest BCUT2D eigenvalue weighted by Gasteiger charge is 2.17.